The molecular weight excluding hydrogens is 248 g/mol. The summed E-state index contributed by atoms with van der Waals surface area (Å²) < 4.78 is 8.49. The number of hydrogen-bond acceptors (Lipinski definition) is 3. The Kier molecular flexibility index (Phi) is 3.92. The van der Waals surface area contributed by atoms with Gasteiger partial charge in [-0.25, -0.2) is 0 Å². The van der Waals surface area contributed by atoms with Crippen LogP contribution in [0.3, 0.4) is 0 Å². The molecule has 82 valence electrons. The maximum Gasteiger partial charge on any atom is 0.265 e. The molecule has 0 saturated carbocycles. The average molecular weight is 261 g/mol. The lowest BCUT2D eigenvalue weighted by Crippen LogP contribution is -2.23. The number of halogens is 3. The monoisotopic (exact) mass is 259 g/mol. The summed E-state index contributed by atoms with van der Waals surface area (Å²) in [5, 5.41) is 7.26. The van der Waals surface area contributed by atoms with Gasteiger partial charge in [0.2, 0.25) is 5.90 Å². The molecule has 0 unspecified atom stereocenters. The molecule has 1 N–H and O–H groups in total. The molecule has 0 amide bonds. The quantitative estimate of drug-likeness (QED) is 0.367. The molecular formula is C8H12Cl3NO2. The van der Waals surface area contributed by atoms with Gasteiger partial charge in [-0.3, -0.25) is 5.41 Å². The van der Waals surface area contributed by atoms with Gasteiger partial charge in [0.1, 0.15) is 12.7 Å². The highest BCUT2D eigenvalue weighted by Crippen LogP contribution is 2.31. The molecule has 6 heteroatoms. The first kappa shape index (κ1) is 12.4. The topological polar surface area (TPSA) is 45.6 Å². The summed E-state index contributed by atoms with van der Waals surface area (Å²) in [5.41, 5.74) is 0. The molecule has 1 heterocycles. The summed E-state index contributed by atoms with van der Waals surface area (Å²) in [4.78, 5) is 0. The van der Waals surface area contributed by atoms with Crippen LogP contribution in [0.15, 0.2) is 0 Å². The van der Waals surface area contributed by atoms with Crippen molar-refractivity contribution in [1.82, 2.24) is 0 Å². The molecule has 0 aromatic heterocycles. The van der Waals surface area contributed by atoms with E-state index in [9.17, 15) is 0 Å². The molecule has 1 aliphatic rings. The number of epoxide rings is 1. The second-order valence-electron chi connectivity index (χ2n) is 3.52. The third-order valence-electron chi connectivity index (χ3n) is 1.93. The van der Waals surface area contributed by atoms with E-state index < -0.39 is 3.79 Å². The predicted molar refractivity (Wildman–Crippen MR) is 57.5 cm³/mol. The summed E-state index contributed by atoms with van der Waals surface area (Å²) >= 11 is 16.3. The second-order valence-corrected chi connectivity index (χ2v) is 5.80. The fraction of sp³-hybridized carbons (Fsp3) is 0.875. The Balaban J connectivity index is 2.21. The van der Waals surface area contributed by atoms with Gasteiger partial charge in [0.15, 0.2) is 0 Å². The first-order valence-electron chi connectivity index (χ1n) is 4.26. The zero-order chi connectivity index (χ0) is 10.9. The van der Waals surface area contributed by atoms with Crippen molar-refractivity contribution < 1.29 is 9.47 Å². The standard InChI is InChI=1S/C8H12Cl3NO2/c1-4(2)6-5(14-6)3-13-7(12)8(9,10)11/h4-6,12H,3H2,1-2H3/t5-,6+/m1/s1. The van der Waals surface area contributed by atoms with E-state index in [1.807, 2.05) is 0 Å². The summed E-state index contributed by atoms with van der Waals surface area (Å²) in [7, 11) is 0. The zero-order valence-electron chi connectivity index (χ0n) is 7.89. The molecule has 3 nitrogen and oxygen atoms in total. The molecule has 14 heavy (non-hydrogen) atoms. The number of hydrogen-bond donors (Lipinski definition) is 1. The van der Waals surface area contributed by atoms with E-state index in [2.05, 4.69) is 13.8 Å². The minimum atomic E-state index is -1.78. The molecule has 1 fully saturated rings. The highest BCUT2D eigenvalue weighted by atomic mass is 35.6. The Bertz CT molecular complexity index is 227. The van der Waals surface area contributed by atoms with Crippen LogP contribution in [-0.4, -0.2) is 28.5 Å². The van der Waals surface area contributed by atoms with E-state index in [4.69, 9.17) is 49.7 Å². The number of nitrogens with one attached hydrogen (secondary N) is 1. The van der Waals surface area contributed by atoms with E-state index in [0.29, 0.717) is 5.92 Å². The fourth-order valence-electron chi connectivity index (χ4n) is 1.12. The van der Waals surface area contributed by atoms with E-state index in [0.717, 1.165) is 0 Å². The fourth-order valence-corrected chi connectivity index (χ4v) is 1.29. The molecule has 0 aliphatic carbocycles. The van der Waals surface area contributed by atoms with Gasteiger partial charge in [-0.1, -0.05) is 48.7 Å². The van der Waals surface area contributed by atoms with Crippen LogP contribution in [0.25, 0.3) is 0 Å². The molecule has 2 atom stereocenters. The van der Waals surface area contributed by atoms with Crippen LogP contribution in [0.2, 0.25) is 0 Å². The third kappa shape index (κ3) is 3.46. The Morgan fingerprint density at radius 2 is 2.07 bits per heavy atom. The van der Waals surface area contributed by atoms with E-state index in [1.165, 1.54) is 0 Å². The van der Waals surface area contributed by atoms with Crippen molar-refractivity contribution in [2.75, 3.05) is 6.61 Å². The molecule has 1 aliphatic heterocycles. The van der Waals surface area contributed by atoms with Gasteiger partial charge in [-0.2, -0.15) is 0 Å². The summed E-state index contributed by atoms with van der Waals surface area (Å²) in [6.45, 7) is 4.39. The lowest BCUT2D eigenvalue weighted by atomic mass is 10.1. The van der Waals surface area contributed by atoms with Gasteiger partial charge in [-0.15, -0.1) is 0 Å². The van der Waals surface area contributed by atoms with Crippen LogP contribution < -0.4 is 0 Å². The highest BCUT2D eigenvalue weighted by Gasteiger charge is 2.42. The van der Waals surface area contributed by atoms with Crippen LogP contribution in [0.1, 0.15) is 13.8 Å². The van der Waals surface area contributed by atoms with Crippen molar-refractivity contribution in [2.45, 2.75) is 29.8 Å². The van der Waals surface area contributed by atoms with Crippen LogP contribution in [0, 0.1) is 11.3 Å². The van der Waals surface area contributed by atoms with Crippen molar-refractivity contribution >= 4 is 40.7 Å². The SMILES string of the molecule is CC(C)[C@@H]1O[C@@H]1COC(=N)C(Cl)(Cl)Cl. The van der Waals surface area contributed by atoms with Gasteiger partial charge < -0.3 is 9.47 Å². The van der Waals surface area contributed by atoms with Crippen molar-refractivity contribution in [3.63, 3.8) is 0 Å². The van der Waals surface area contributed by atoms with Gasteiger partial charge in [-0.05, 0) is 5.92 Å². The van der Waals surface area contributed by atoms with Crippen molar-refractivity contribution in [1.29, 1.82) is 5.41 Å². The van der Waals surface area contributed by atoms with Gasteiger partial charge in [0, 0.05) is 0 Å². The minimum Gasteiger partial charge on any atom is -0.475 e. The average Bonchev–Trinajstić information content (AvgIpc) is 2.76. The minimum absolute atomic E-state index is 0.0303. The Morgan fingerprint density at radius 3 is 2.43 bits per heavy atom. The Hall–Kier alpha value is 0.300. The summed E-state index contributed by atoms with van der Waals surface area (Å²) in [6.07, 6.45) is 0.237. The van der Waals surface area contributed by atoms with Gasteiger partial charge in [0.05, 0.1) is 6.10 Å². The van der Waals surface area contributed by atoms with Crippen LogP contribution in [-0.2, 0) is 9.47 Å². The second kappa shape index (κ2) is 4.44. The maximum absolute atomic E-state index is 7.26. The van der Waals surface area contributed by atoms with Crippen molar-refractivity contribution in [3.05, 3.63) is 0 Å². The smallest absolute Gasteiger partial charge is 0.265 e. The molecule has 1 rings (SSSR count). The van der Waals surface area contributed by atoms with Crippen LogP contribution >= 0.6 is 34.8 Å². The first-order valence-corrected chi connectivity index (χ1v) is 5.39. The van der Waals surface area contributed by atoms with Crippen LogP contribution in [0.5, 0.6) is 0 Å². The number of rotatable bonds is 3. The number of ether oxygens (including phenoxy) is 2. The number of alkyl halides is 3. The van der Waals surface area contributed by atoms with Gasteiger partial charge in [0.25, 0.3) is 3.79 Å². The third-order valence-corrected chi connectivity index (χ3v) is 2.44. The molecule has 0 aromatic rings. The van der Waals surface area contributed by atoms with E-state index in [1.54, 1.807) is 0 Å². The summed E-state index contributed by atoms with van der Waals surface area (Å²) in [5.74, 6) is 0.0889. The molecule has 0 spiro atoms. The highest BCUT2D eigenvalue weighted by molar-refractivity contribution is 6.76. The lowest BCUT2D eigenvalue weighted by Gasteiger charge is -2.12. The Morgan fingerprint density at radius 1 is 1.50 bits per heavy atom. The predicted octanol–water partition coefficient (Wildman–Crippen LogP) is 2.77. The van der Waals surface area contributed by atoms with E-state index >= 15 is 0 Å². The first-order chi connectivity index (χ1) is 6.32. The largest absolute Gasteiger partial charge is 0.475 e. The zero-order valence-corrected chi connectivity index (χ0v) is 10.2. The van der Waals surface area contributed by atoms with Gasteiger partial charge >= 0.3 is 0 Å². The van der Waals surface area contributed by atoms with Crippen LogP contribution in [0.4, 0.5) is 0 Å². The molecule has 0 aromatic carbocycles. The maximum atomic E-state index is 7.26. The molecule has 1 saturated heterocycles. The summed E-state index contributed by atoms with van der Waals surface area (Å²) in [6, 6.07) is 0. The molecule has 0 bridgehead atoms. The molecule has 0 radical (unpaired) electrons. The lowest BCUT2D eigenvalue weighted by molar-refractivity contribution is 0.243. The van der Waals surface area contributed by atoms with Crippen molar-refractivity contribution in [3.8, 4) is 0 Å². The normalized spacial score (nSPS) is 26.4. The van der Waals surface area contributed by atoms with E-state index in [-0.39, 0.29) is 24.7 Å². The van der Waals surface area contributed by atoms with Crippen molar-refractivity contribution in [2.24, 2.45) is 5.92 Å². The Labute approximate surface area is 98.1 Å².